The van der Waals surface area contributed by atoms with Crippen LogP contribution in [0.3, 0.4) is 0 Å². The van der Waals surface area contributed by atoms with Gasteiger partial charge in [-0.25, -0.2) is 13.2 Å². The van der Waals surface area contributed by atoms with Gasteiger partial charge < -0.3 is 15.3 Å². The van der Waals surface area contributed by atoms with Crippen LogP contribution in [0.1, 0.15) is 31.7 Å². The lowest BCUT2D eigenvalue weighted by Gasteiger charge is -2.29. The van der Waals surface area contributed by atoms with Crippen LogP contribution >= 0.6 is 0 Å². The van der Waals surface area contributed by atoms with E-state index in [1.807, 2.05) is 37.3 Å². The number of benzene rings is 1. The summed E-state index contributed by atoms with van der Waals surface area (Å²) in [6, 6.07) is 8.58. The molecule has 1 aromatic rings. The van der Waals surface area contributed by atoms with Crippen molar-refractivity contribution in [3.05, 3.63) is 35.9 Å². The van der Waals surface area contributed by atoms with Gasteiger partial charge in [-0.2, -0.15) is 0 Å². The molecule has 0 spiro atoms. The highest BCUT2D eigenvalue weighted by atomic mass is 32.2. The third-order valence-electron chi connectivity index (χ3n) is 4.61. The van der Waals surface area contributed by atoms with E-state index in [-0.39, 0.29) is 36.0 Å². The maximum Gasteiger partial charge on any atom is 0.317 e. The van der Waals surface area contributed by atoms with E-state index in [0.717, 1.165) is 5.56 Å². The molecular weight excluding hydrogens is 356 g/mol. The maximum atomic E-state index is 12.7. The number of nitrogens with zero attached hydrogens (tertiary/aromatic N) is 1. The smallest absolute Gasteiger partial charge is 0.317 e. The van der Waals surface area contributed by atoms with Gasteiger partial charge in [-0.05, 0) is 31.7 Å². The van der Waals surface area contributed by atoms with Crippen LogP contribution in [0.2, 0.25) is 0 Å². The number of nitrogens with one attached hydrogen (secondary N) is 1. The second kappa shape index (κ2) is 9.02. The van der Waals surface area contributed by atoms with Crippen molar-refractivity contribution in [3.8, 4) is 0 Å². The molecule has 2 amide bonds. The molecule has 2 unspecified atom stereocenters. The van der Waals surface area contributed by atoms with Crippen LogP contribution in [0.5, 0.6) is 0 Å². The van der Waals surface area contributed by atoms with E-state index in [1.165, 1.54) is 0 Å². The Labute approximate surface area is 154 Å². The van der Waals surface area contributed by atoms with Crippen LogP contribution in [0.15, 0.2) is 30.3 Å². The Morgan fingerprint density at radius 3 is 2.54 bits per heavy atom. The zero-order valence-electron chi connectivity index (χ0n) is 14.9. The van der Waals surface area contributed by atoms with Crippen molar-refractivity contribution in [2.24, 2.45) is 0 Å². The lowest BCUT2D eigenvalue weighted by molar-refractivity contribution is -0.137. The third-order valence-corrected chi connectivity index (χ3v) is 6.36. The van der Waals surface area contributed by atoms with E-state index in [9.17, 15) is 18.0 Å². The van der Waals surface area contributed by atoms with Gasteiger partial charge in [-0.3, -0.25) is 4.79 Å². The molecule has 1 fully saturated rings. The summed E-state index contributed by atoms with van der Waals surface area (Å²) in [6.07, 6.45) is 1.25. The summed E-state index contributed by atoms with van der Waals surface area (Å²) in [5.74, 6) is -0.813. The monoisotopic (exact) mass is 382 g/mol. The molecule has 0 bridgehead atoms. The first-order valence-corrected chi connectivity index (χ1v) is 10.7. The number of amides is 2. The minimum absolute atomic E-state index is 0.00720. The van der Waals surface area contributed by atoms with Crippen molar-refractivity contribution in [1.82, 2.24) is 10.2 Å². The first kappa shape index (κ1) is 20.2. The molecule has 0 aromatic heterocycles. The van der Waals surface area contributed by atoms with Gasteiger partial charge in [-0.15, -0.1) is 0 Å². The second-order valence-electron chi connectivity index (χ2n) is 6.61. The molecule has 7 nitrogen and oxygen atoms in total. The predicted octanol–water partition coefficient (Wildman–Crippen LogP) is 1.68. The molecule has 1 aliphatic heterocycles. The first-order valence-electron chi connectivity index (χ1n) is 8.84. The van der Waals surface area contributed by atoms with Gasteiger partial charge in [0, 0.05) is 25.0 Å². The lowest BCUT2D eigenvalue weighted by atomic mass is 10.0. The van der Waals surface area contributed by atoms with Crippen molar-refractivity contribution in [2.75, 3.05) is 18.1 Å². The number of urea groups is 1. The number of hydrogen-bond acceptors (Lipinski definition) is 4. The largest absolute Gasteiger partial charge is 0.481 e. The Morgan fingerprint density at radius 2 is 2.00 bits per heavy atom. The molecule has 2 atom stereocenters. The van der Waals surface area contributed by atoms with E-state index >= 15 is 0 Å². The summed E-state index contributed by atoms with van der Waals surface area (Å²) in [4.78, 5) is 25.2. The van der Waals surface area contributed by atoms with E-state index in [0.29, 0.717) is 25.8 Å². The molecular formula is C18H26N2O5S. The van der Waals surface area contributed by atoms with E-state index < -0.39 is 15.8 Å². The zero-order valence-corrected chi connectivity index (χ0v) is 15.7. The second-order valence-corrected chi connectivity index (χ2v) is 8.84. The Kier molecular flexibility index (Phi) is 7.02. The van der Waals surface area contributed by atoms with Gasteiger partial charge in [0.15, 0.2) is 9.84 Å². The quantitative estimate of drug-likeness (QED) is 0.712. The minimum Gasteiger partial charge on any atom is -0.481 e. The standard InChI is InChI=1S/C18H26N2O5S/c1-2-20(16-10-11-26(24,25)13-16)18(23)19-15(8-9-17(21)22)12-14-6-4-3-5-7-14/h3-7,15-16H,2,8-13H2,1H3,(H,19,23)(H,21,22). The molecule has 2 rings (SSSR count). The van der Waals surface area contributed by atoms with Crippen molar-refractivity contribution in [1.29, 1.82) is 0 Å². The molecule has 0 saturated carbocycles. The zero-order chi connectivity index (χ0) is 19.2. The average molecular weight is 382 g/mol. The normalized spacial score (nSPS) is 19.7. The molecule has 8 heteroatoms. The number of rotatable bonds is 8. The van der Waals surface area contributed by atoms with Gasteiger partial charge in [-0.1, -0.05) is 30.3 Å². The molecule has 26 heavy (non-hydrogen) atoms. The number of carbonyl (C=O) groups is 2. The number of sulfone groups is 1. The average Bonchev–Trinajstić information content (AvgIpc) is 2.94. The maximum absolute atomic E-state index is 12.7. The number of carboxylic acid groups (broad SMARTS) is 1. The van der Waals surface area contributed by atoms with Crippen LogP contribution < -0.4 is 5.32 Å². The third kappa shape index (κ3) is 6.01. The van der Waals surface area contributed by atoms with E-state index in [2.05, 4.69) is 5.32 Å². The van der Waals surface area contributed by atoms with Gasteiger partial charge in [0.2, 0.25) is 0 Å². The number of carboxylic acids is 1. The number of hydrogen-bond donors (Lipinski definition) is 2. The first-order chi connectivity index (χ1) is 12.3. The van der Waals surface area contributed by atoms with Crippen LogP contribution in [0.25, 0.3) is 0 Å². The highest BCUT2D eigenvalue weighted by Gasteiger charge is 2.34. The number of aliphatic carboxylic acids is 1. The van der Waals surface area contributed by atoms with Crippen LogP contribution in [0, 0.1) is 0 Å². The Bertz CT molecular complexity index is 720. The summed E-state index contributed by atoms with van der Waals surface area (Å²) in [6.45, 7) is 2.22. The molecule has 1 aromatic carbocycles. The van der Waals surface area contributed by atoms with Crippen LogP contribution in [-0.4, -0.2) is 60.6 Å². The summed E-state index contributed by atoms with van der Waals surface area (Å²) >= 11 is 0. The molecule has 2 N–H and O–H groups in total. The molecule has 1 aliphatic rings. The molecule has 1 heterocycles. The lowest BCUT2D eigenvalue weighted by Crippen LogP contribution is -2.50. The molecule has 0 radical (unpaired) electrons. The fourth-order valence-corrected chi connectivity index (χ4v) is 5.00. The molecule has 144 valence electrons. The highest BCUT2D eigenvalue weighted by Crippen LogP contribution is 2.18. The highest BCUT2D eigenvalue weighted by molar-refractivity contribution is 7.91. The Balaban J connectivity index is 2.04. The summed E-state index contributed by atoms with van der Waals surface area (Å²) in [7, 11) is -3.08. The van der Waals surface area contributed by atoms with Crippen molar-refractivity contribution < 1.29 is 23.1 Å². The summed E-state index contributed by atoms with van der Waals surface area (Å²) in [5, 5.41) is 11.9. The van der Waals surface area contributed by atoms with Crippen LogP contribution in [0.4, 0.5) is 4.79 Å². The SMILES string of the molecule is CCN(C(=O)NC(CCC(=O)O)Cc1ccccc1)C1CCS(=O)(=O)C1. The van der Waals surface area contributed by atoms with Crippen molar-refractivity contribution in [2.45, 2.75) is 44.7 Å². The van der Waals surface area contributed by atoms with Gasteiger partial charge in [0.1, 0.15) is 0 Å². The predicted molar refractivity (Wildman–Crippen MR) is 98.8 cm³/mol. The minimum atomic E-state index is -3.08. The summed E-state index contributed by atoms with van der Waals surface area (Å²) in [5.41, 5.74) is 1.01. The summed E-state index contributed by atoms with van der Waals surface area (Å²) < 4.78 is 23.4. The molecule has 0 aliphatic carbocycles. The number of carbonyl (C=O) groups excluding carboxylic acids is 1. The topological polar surface area (TPSA) is 104 Å². The van der Waals surface area contributed by atoms with Gasteiger partial charge in [0.05, 0.1) is 11.5 Å². The molecule has 1 saturated heterocycles. The fraction of sp³-hybridized carbons (Fsp3) is 0.556. The van der Waals surface area contributed by atoms with Crippen LogP contribution in [-0.2, 0) is 21.1 Å². The van der Waals surface area contributed by atoms with E-state index in [4.69, 9.17) is 5.11 Å². The Morgan fingerprint density at radius 1 is 1.31 bits per heavy atom. The van der Waals surface area contributed by atoms with Gasteiger partial charge in [0.25, 0.3) is 0 Å². The van der Waals surface area contributed by atoms with Crippen molar-refractivity contribution in [3.63, 3.8) is 0 Å². The van der Waals surface area contributed by atoms with Crippen molar-refractivity contribution >= 4 is 21.8 Å². The van der Waals surface area contributed by atoms with E-state index in [1.54, 1.807) is 4.90 Å². The van der Waals surface area contributed by atoms with Gasteiger partial charge >= 0.3 is 12.0 Å². The Hall–Kier alpha value is -2.09. The fourth-order valence-electron chi connectivity index (χ4n) is 3.27.